The van der Waals surface area contributed by atoms with Crippen LogP contribution in [0.1, 0.15) is 5.56 Å². The number of alkyl halides is 3. The highest BCUT2D eigenvalue weighted by Crippen LogP contribution is 2.35. The van der Waals surface area contributed by atoms with Gasteiger partial charge in [0.15, 0.2) is 23.3 Å². The average Bonchev–Trinajstić information content (AvgIpc) is 2.93. The molecule has 0 saturated carbocycles. The van der Waals surface area contributed by atoms with Crippen molar-refractivity contribution in [3.8, 4) is 23.0 Å². The van der Waals surface area contributed by atoms with Crippen LogP contribution in [-0.4, -0.2) is 65.3 Å². The first kappa shape index (κ1) is 26.2. The standard InChI is InChI=1S/C26H24F4N8O/c1-37(2)19-12-16(26(28,29)30)11-18(13-19)34-17-3-4-21(32-14-17)22-5-6-31-23(35-22)24-33-15-20(27)25(36-24)38-7-9-39-10-8-38/h3-6,11-15,34H,7-10H2,1-2H3. The van der Waals surface area contributed by atoms with Crippen LogP contribution in [0.15, 0.2) is 55.0 Å². The number of rotatable bonds is 6. The summed E-state index contributed by atoms with van der Waals surface area (Å²) >= 11 is 0. The number of nitrogens with one attached hydrogen (secondary N) is 1. The summed E-state index contributed by atoms with van der Waals surface area (Å²) in [6.07, 6.45) is -0.362. The summed E-state index contributed by atoms with van der Waals surface area (Å²) in [7, 11) is 3.35. The zero-order valence-corrected chi connectivity index (χ0v) is 21.1. The summed E-state index contributed by atoms with van der Waals surface area (Å²) in [4.78, 5) is 24.9. The number of nitrogens with zero attached hydrogens (tertiary/aromatic N) is 7. The van der Waals surface area contributed by atoms with Gasteiger partial charge in [-0.15, -0.1) is 0 Å². The molecule has 1 aliphatic heterocycles. The summed E-state index contributed by atoms with van der Waals surface area (Å²) < 4.78 is 59.9. The number of aromatic nitrogens is 5. The van der Waals surface area contributed by atoms with E-state index < -0.39 is 17.6 Å². The summed E-state index contributed by atoms with van der Waals surface area (Å²) in [5.41, 5.74) is 1.39. The van der Waals surface area contributed by atoms with E-state index in [9.17, 15) is 17.6 Å². The SMILES string of the molecule is CN(C)c1cc(Nc2ccc(-c3ccnc(-c4ncc(F)c(N5CCOCC5)n4)n3)nc2)cc(C(F)(F)F)c1. The Morgan fingerprint density at radius 2 is 1.64 bits per heavy atom. The Morgan fingerprint density at radius 1 is 0.872 bits per heavy atom. The zero-order chi connectivity index (χ0) is 27.6. The molecule has 4 aromatic rings. The largest absolute Gasteiger partial charge is 0.416 e. The van der Waals surface area contributed by atoms with Crippen molar-refractivity contribution in [2.75, 3.05) is 55.5 Å². The number of morpholine rings is 1. The van der Waals surface area contributed by atoms with Gasteiger partial charge in [0, 0.05) is 44.8 Å². The summed E-state index contributed by atoms with van der Waals surface area (Å²) in [6, 6.07) is 8.78. The minimum atomic E-state index is -4.48. The predicted octanol–water partition coefficient (Wildman–Crippen LogP) is 4.80. The van der Waals surface area contributed by atoms with E-state index in [-0.39, 0.29) is 23.2 Å². The molecule has 1 aliphatic rings. The molecule has 0 aliphatic carbocycles. The van der Waals surface area contributed by atoms with Crippen molar-refractivity contribution in [3.05, 3.63) is 66.4 Å². The minimum absolute atomic E-state index is 0.165. The van der Waals surface area contributed by atoms with Crippen LogP contribution in [0.3, 0.4) is 0 Å². The zero-order valence-electron chi connectivity index (χ0n) is 21.1. The van der Waals surface area contributed by atoms with Crippen LogP contribution in [0.5, 0.6) is 0 Å². The van der Waals surface area contributed by atoms with Crippen LogP contribution in [0.25, 0.3) is 23.0 Å². The quantitative estimate of drug-likeness (QED) is 0.346. The lowest BCUT2D eigenvalue weighted by molar-refractivity contribution is -0.137. The average molecular weight is 541 g/mol. The Kier molecular flexibility index (Phi) is 7.24. The van der Waals surface area contributed by atoms with Crippen molar-refractivity contribution >= 4 is 22.9 Å². The Balaban J connectivity index is 1.37. The van der Waals surface area contributed by atoms with E-state index in [0.717, 1.165) is 18.3 Å². The van der Waals surface area contributed by atoms with Crippen molar-refractivity contribution in [2.24, 2.45) is 0 Å². The topological polar surface area (TPSA) is 92.2 Å². The molecule has 9 nitrogen and oxygen atoms in total. The first-order valence-electron chi connectivity index (χ1n) is 12.0. The fraction of sp³-hybridized carbons (Fsp3) is 0.269. The number of pyridine rings is 1. The molecule has 0 atom stereocenters. The number of hydrogen-bond donors (Lipinski definition) is 1. The second-order valence-corrected chi connectivity index (χ2v) is 8.95. The van der Waals surface area contributed by atoms with Crippen LogP contribution in [0, 0.1) is 5.82 Å². The van der Waals surface area contributed by atoms with Gasteiger partial charge in [0.2, 0.25) is 0 Å². The number of hydrogen-bond acceptors (Lipinski definition) is 9. The maximum Gasteiger partial charge on any atom is 0.416 e. The first-order valence-corrected chi connectivity index (χ1v) is 12.0. The van der Waals surface area contributed by atoms with E-state index in [1.165, 1.54) is 12.4 Å². The first-order chi connectivity index (χ1) is 18.7. The van der Waals surface area contributed by atoms with Crippen LogP contribution in [0.2, 0.25) is 0 Å². The third kappa shape index (κ3) is 6.03. The summed E-state index contributed by atoms with van der Waals surface area (Å²) in [5.74, 6) is -0.0108. The van der Waals surface area contributed by atoms with E-state index in [2.05, 4.69) is 30.2 Å². The molecule has 0 bridgehead atoms. The molecule has 1 fully saturated rings. The van der Waals surface area contributed by atoms with Crippen LogP contribution in [-0.2, 0) is 10.9 Å². The van der Waals surface area contributed by atoms with Gasteiger partial charge in [-0.05, 0) is 36.4 Å². The Labute approximate surface area is 221 Å². The van der Waals surface area contributed by atoms with E-state index in [1.807, 2.05) is 0 Å². The fourth-order valence-corrected chi connectivity index (χ4v) is 3.96. The molecule has 1 saturated heterocycles. The molecule has 1 N–H and O–H groups in total. The second kappa shape index (κ2) is 10.8. The Bertz CT molecular complexity index is 1460. The van der Waals surface area contributed by atoms with Gasteiger partial charge >= 0.3 is 6.18 Å². The second-order valence-electron chi connectivity index (χ2n) is 8.95. The molecule has 3 aromatic heterocycles. The lowest BCUT2D eigenvalue weighted by Gasteiger charge is -2.27. The van der Waals surface area contributed by atoms with E-state index in [0.29, 0.717) is 49.1 Å². The molecule has 5 rings (SSSR count). The van der Waals surface area contributed by atoms with E-state index in [1.54, 1.807) is 48.2 Å². The number of anilines is 4. The monoisotopic (exact) mass is 540 g/mol. The van der Waals surface area contributed by atoms with E-state index in [4.69, 9.17) is 4.74 Å². The number of ether oxygens (including phenoxy) is 1. The number of benzene rings is 1. The third-order valence-electron chi connectivity index (χ3n) is 5.97. The molecule has 0 radical (unpaired) electrons. The fourth-order valence-electron chi connectivity index (χ4n) is 3.96. The highest BCUT2D eigenvalue weighted by Gasteiger charge is 2.31. The molecule has 202 valence electrons. The molecule has 4 heterocycles. The van der Waals surface area contributed by atoms with Gasteiger partial charge in [-0.1, -0.05) is 0 Å². The lowest BCUT2D eigenvalue weighted by Crippen LogP contribution is -2.37. The number of halogens is 4. The van der Waals surface area contributed by atoms with Crippen molar-refractivity contribution in [2.45, 2.75) is 6.18 Å². The lowest BCUT2D eigenvalue weighted by atomic mass is 10.1. The highest BCUT2D eigenvalue weighted by molar-refractivity contribution is 5.68. The van der Waals surface area contributed by atoms with Crippen molar-refractivity contribution in [1.82, 2.24) is 24.9 Å². The molecular formula is C26H24F4N8O. The molecular weight excluding hydrogens is 516 g/mol. The Morgan fingerprint density at radius 3 is 2.33 bits per heavy atom. The van der Waals surface area contributed by atoms with Gasteiger partial charge in [0.05, 0.1) is 48.2 Å². The minimum Gasteiger partial charge on any atom is -0.378 e. The van der Waals surface area contributed by atoms with Gasteiger partial charge in [0.1, 0.15) is 0 Å². The maximum absolute atomic E-state index is 14.4. The maximum atomic E-state index is 14.4. The highest BCUT2D eigenvalue weighted by atomic mass is 19.4. The van der Waals surface area contributed by atoms with E-state index >= 15 is 0 Å². The third-order valence-corrected chi connectivity index (χ3v) is 5.97. The van der Waals surface area contributed by atoms with Crippen molar-refractivity contribution < 1.29 is 22.3 Å². The van der Waals surface area contributed by atoms with Crippen molar-refractivity contribution in [1.29, 1.82) is 0 Å². The normalized spacial score (nSPS) is 13.8. The molecule has 0 spiro atoms. The van der Waals surface area contributed by atoms with Gasteiger partial charge in [0.25, 0.3) is 0 Å². The van der Waals surface area contributed by atoms with Crippen molar-refractivity contribution in [3.63, 3.8) is 0 Å². The van der Waals surface area contributed by atoms with Gasteiger partial charge in [-0.3, -0.25) is 4.98 Å². The Hall–Kier alpha value is -4.39. The molecule has 39 heavy (non-hydrogen) atoms. The van der Waals surface area contributed by atoms with Crippen LogP contribution >= 0.6 is 0 Å². The smallest absolute Gasteiger partial charge is 0.378 e. The molecule has 1 aromatic carbocycles. The van der Waals surface area contributed by atoms with Gasteiger partial charge in [-0.2, -0.15) is 13.2 Å². The molecule has 13 heteroatoms. The summed E-state index contributed by atoms with van der Waals surface area (Å²) in [6.45, 7) is 1.97. The summed E-state index contributed by atoms with van der Waals surface area (Å²) in [5, 5.41) is 2.98. The van der Waals surface area contributed by atoms with Crippen LogP contribution < -0.4 is 15.1 Å². The van der Waals surface area contributed by atoms with Gasteiger partial charge in [-0.25, -0.2) is 24.3 Å². The predicted molar refractivity (Wildman–Crippen MR) is 138 cm³/mol. The van der Waals surface area contributed by atoms with Gasteiger partial charge < -0.3 is 19.9 Å². The molecule has 0 unspecified atom stereocenters. The molecule has 0 amide bonds. The van der Waals surface area contributed by atoms with Crippen LogP contribution in [0.4, 0.5) is 40.4 Å².